The highest BCUT2D eigenvalue weighted by atomic mass is 32.1. The minimum Gasteiger partial charge on any atom is -0.404 e. The number of fused-ring (bicyclic) bond motifs is 1. The van der Waals surface area contributed by atoms with Crippen molar-refractivity contribution in [2.75, 3.05) is 19.2 Å². The quantitative estimate of drug-likeness (QED) is 0.255. The largest absolute Gasteiger partial charge is 0.404 e. The molecular formula is C20H22N7OS+. The first kappa shape index (κ1) is 20.3. The molecule has 0 bridgehead atoms. The van der Waals surface area contributed by atoms with Gasteiger partial charge in [0.15, 0.2) is 23.5 Å². The molecule has 0 saturated heterocycles. The van der Waals surface area contributed by atoms with E-state index in [1.54, 1.807) is 19.4 Å². The lowest BCUT2D eigenvalue weighted by atomic mass is 10.2. The van der Waals surface area contributed by atoms with Crippen LogP contribution in [0.1, 0.15) is 11.3 Å². The maximum Gasteiger partial charge on any atom is 0.180 e. The number of methoxy groups -OCH3 is 1. The normalized spacial score (nSPS) is 11.7. The molecule has 0 spiro atoms. The van der Waals surface area contributed by atoms with Crippen LogP contribution in [0.2, 0.25) is 0 Å². The van der Waals surface area contributed by atoms with Gasteiger partial charge in [0, 0.05) is 18.9 Å². The van der Waals surface area contributed by atoms with Crippen LogP contribution in [0.4, 0.5) is 5.82 Å². The second kappa shape index (κ2) is 10.2. The second-order valence-corrected chi connectivity index (χ2v) is 6.40. The molecule has 0 atom stereocenters. The van der Waals surface area contributed by atoms with Crippen molar-refractivity contribution in [2.24, 2.45) is 5.73 Å². The highest BCUT2D eigenvalue weighted by Crippen LogP contribution is 2.14. The van der Waals surface area contributed by atoms with Crippen molar-refractivity contribution in [2.45, 2.75) is 6.54 Å². The number of rotatable bonds is 7. The molecule has 0 aliphatic carbocycles. The molecule has 9 heteroatoms. The topological polar surface area (TPSA) is 112 Å². The predicted molar refractivity (Wildman–Crippen MR) is 118 cm³/mol. The molecular weight excluding hydrogens is 386 g/mol. The van der Waals surface area contributed by atoms with E-state index in [2.05, 4.69) is 30.6 Å². The first-order chi connectivity index (χ1) is 14.2. The zero-order valence-corrected chi connectivity index (χ0v) is 16.7. The first-order valence-electron chi connectivity index (χ1n) is 8.90. The van der Waals surface area contributed by atoms with Crippen molar-refractivity contribution in [1.82, 2.24) is 20.3 Å². The average molecular weight is 409 g/mol. The number of hydrogen-bond acceptors (Lipinski definition) is 6. The fourth-order valence-corrected chi connectivity index (χ4v) is 2.65. The van der Waals surface area contributed by atoms with Gasteiger partial charge in [-0.1, -0.05) is 30.3 Å². The summed E-state index contributed by atoms with van der Waals surface area (Å²) in [5.74, 6) is 0.557. The van der Waals surface area contributed by atoms with Crippen LogP contribution >= 0.6 is 12.2 Å². The van der Waals surface area contributed by atoms with Crippen LogP contribution in [-0.2, 0) is 11.3 Å². The maximum absolute atomic E-state index is 5.80. The maximum atomic E-state index is 5.80. The lowest BCUT2D eigenvalue weighted by molar-refractivity contribution is -0.468. The van der Waals surface area contributed by atoms with Crippen molar-refractivity contribution < 1.29 is 9.73 Å². The van der Waals surface area contributed by atoms with Gasteiger partial charge in [-0.15, -0.1) is 0 Å². The summed E-state index contributed by atoms with van der Waals surface area (Å²) < 4.78 is 4.93. The van der Waals surface area contributed by atoms with Crippen molar-refractivity contribution in [3.05, 3.63) is 66.1 Å². The van der Waals surface area contributed by atoms with E-state index in [0.29, 0.717) is 46.6 Å². The van der Waals surface area contributed by atoms with Crippen LogP contribution in [0.5, 0.6) is 0 Å². The van der Waals surface area contributed by atoms with Gasteiger partial charge in [-0.05, 0) is 24.4 Å². The Morgan fingerprint density at radius 3 is 2.79 bits per heavy atom. The van der Waals surface area contributed by atoms with Crippen molar-refractivity contribution in [1.29, 1.82) is 0 Å². The van der Waals surface area contributed by atoms with Crippen LogP contribution in [-0.4, -0.2) is 40.1 Å². The second-order valence-electron chi connectivity index (χ2n) is 5.99. The molecule has 1 aromatic carbocycles. The number of nitrogens with zero attached hydrogens (tertiary/aromatic N) is 3. The van der Waals surface area contributed by atoms with E-state index in [9.17, 15) is 0 Å². The van der Waals surface area contributed by atoms with E-state index in [1.807, 2.05) is 42.6 Å². The Kier molecular flexibility index (Phi) is 7.15. The number of nitrogens with two attached hydrogens (primary N) is 1. The van der Waals surface area contributed by atoms with Gasteiger partial charge in [-0.3, -0.25) is 4.98 Å². The molecule has 0 saturated carbocycles. The van der Waals surface area contributed by atoms with E-state index < -0.39 is 0 Å². The van der Waals surface area contributed by atoms with Crippen LogP contribution in [0.3, 0.4) is 0 Å². The summed E-state index contributed by atoms with van der Waals surface area (Å²) in [6.45, 7) is 0.983. The number of nitrogens with one attached hydrogen (secondary N) is 3. The molecule has 3 rings (SSSR count). The number of hydrogen-bond donors (Lipinski definition) is 4. The fraction of sp³-hybridized carbons (Fsp3) is 0.150. The van der Waals surface area contributed by atoms with E-state index in [4.69, 9.17) is 22.7 Å². The number of thiocarbonyl (C=S) groups is 1. The van der Waals surface area contributed by atoms with Crippen LogP contribution in [0.15, 0.2) is 54.9 Å². The number of pyridine rings is 1. The van der Waals surface area contributed by atoms with E-state index in [0.717, 1.165) is 0 Å². The Labute approximate surface area is 174 Å². The summed E-state index contributed by atoms with van der Waals surface area (Å²) in [7, 11) is 1.58. The van der Waals surface area contributed by atoms with Crippen LogP contribution in [0.25, 0.3) is 16.7 Å². The average Bonchev–Trinajstić information content (AvgIpc) is 2.75. The van der Waals surface area contributed by atoms with Crippen LogP contribution < -0.4 is 21.4 Å². The predicted octanol–water partition coefficient (Wildman–Crippen LogP) is 0.566. The third-order valence-corrected chi connectivity index (χ3v) is 4.15. The number of ether oxygens (including phenoxy) is 1. The molecule has 0 aliphatic heterocycles. The smallest absolute Gasteiger partial charge is 0.180 e. The lowest BCUT2D eigenvalue weighted by Crippen LogP contribution is -2.67. The van der Waals surface area contributed by atoms with E-state index in [-0.39, 0.29) is 0 Å². The molecule has 3 aromatic rings. The molecule has 5 N–H and O–H groups in total. The molecule has 8 nitrogen and oxygen atoms in total. The Morgan fingerprint density at radius 1 is 1.21 bits per heavy atom. The standard InChI is InChI=1S/C20H21N7OS/c1-28-13-24-20(29)27-18-8-7-16-19(26-18)25-17(12-23-16)15(9-21)11-22-10-14-5-3-2-4-6-14/h2-9,11-12H,10,13,21H2,1H3,(H2,24,25,26,27,29)/p+1. The monoisotopic (exact) mass is 408 g/mol. The third kappa shape index (κ3) is 5.77. The van der Waals surface area contributed by atoms with Crippen LogP contribution in [0, 0.1) is 0 Å². The molecule has 148 valence electrons. The van der Waals surface area contributed by atoms with Crippen molar-refractivity contribution in [3.8, 4) is 0 Å². The van der Waals surface area contributed by atoms with Crippen molar-refractivity contribution in [3.63, 3.8) is 0 Å². The van der Waals surface area contributed by atoms with Gasteiger partial charge >= 0.3 is 0 Å². The number of anilines is 1. The molecule has 2 heterocycles. The first-order valence-corrected chi connectivity index (χ1v) is 9.31. The number of benzene rings is 1. The molecule has 0 amide bonds. The number of allylic oxidation sites excluding steroid dienone is 1. The molecule has 0 fully saturated rings. The molecule has 0 radical (unpaired) electrons. The van der Waals surface area contributed by atoms with Gasteiger partial charge in [0.1, 0.15) is 18.1 Å². The summed E-state index contributed by atoms with van der Waals surface area (Å²) >= 11 is 5.18. The summed E-state index contributed by atoms with van der Waals surface area (Å²) in [6, 6.07) is 13.7. The minimum atomic E-state index is 0.305. The highest BCUT2D eigenvalue weighted by Gasteiger charge is 2.08. The molecule has 0 unspecified atom stereocenters. The van der Waals surface area contributed by atoms with E-state index >= 15 is 0 Å². The Morgan fingerprint density at radius 2 is 2.03 bits per heavy atom. The van der Waals surface area contributed by atoms with Gasteiger partial charge < -0.3 is 21.1 Å². The highest BCUT2D eigenvalue weighted by molar-refractivity contribution is 7.80. The minimum absolute atomic E-state index is 0.305. The van der Waals surface area contributed by atoms with Gasteiger partial charge in [-0.2, -0.15) is 0 Å². The molecule has 0 aliphatic rings. The Bertz CT molecular complexity index is 1040. The summed E-state index contributed by atoms with van der Waals surface area (Å²) in [6.07, 6.45) is 4.97. The number of aromatic nitrogens is 3. The van der Waals surface area contributed by atoms with Gasteiger partial charge in [0.05, 0.1) is 17.5 Å². The molecule has 29 heavy (non-hydrogen) atoms. The van der Waals surface area contributed by atoms with Crippen molar-refractivity contribution >= 4 is 46.1 Å². The zero-order valence-electron chi connectivity index (χ0n) is 15.9. The van der Waals surface area contributed by atoms with E-state index in [1.165, 1.54) is 11.8 Å². The van der Waals surface area contributed by atoms with Gasteiger partial charge in [0.2, 0.25) is 0 Å². The Balaban J connectivity index is 1.76. The third-order valence-electron chi connectivity index (χ3n) is 3.91. The fourth-order valence-electron chi connectivity index (χ4n) is 2.49. The summed E-state index contributed by atoms with van der Waals surface area (Å²) in [5, 5.41) is 6.28. The lowest BCUT2D eigenvalue weighted by Gasteiger charge is -2.09. The SMILES string of the molecule is COCNC(=S)Nc1ccc2ncc(C(C=[NH+]Cc3ccccc3)=CN)nc2n1. The zero-order chi connectivity index (χ0) is 20.5. The summed E-state index contributed by atoms with van der Waals surface area (Å²) in [5.41, 5.74) is 9.45. The molecule has 2 aromatic heterocycles. The Hall–Kier alpha value is -3.43. The van der Waals surface area contributed by atoms with Gasteiger partial charge in [-0.25, -0.2) is 15.0 Å². The van der Waals surface area contributed by atoms with Gasteiger partial charge in [0.25, 0.3) is 0 Å². The summed E-state index contributed by atoms with van der Waals surface area (Å²) in [4.78, 5) is 16.7.